The third-order valence-electron chi connectivity index (χ3n) is 1.21. The molecule has 5 heteroatoms. The molecule has 62 valence electrons. The van der Waals surface area contributed by atoms with Crippen LogP contribution in [0.25, 0.3) is 0 Å². The van der Waals surface area contributed by atoms with Gasteiger partial charge in [-0.25, -0.2) is 5.90 Å². The number of rotatable bonds is 4. The summed E-state index contributed by atoms with van der Waals surface area (Å²) in [6.45, 7) is 0.415. The van der Waals surface area contributed by atoms with Crippen LogP contribution in [0.15, 0.2) is 10.6 Å². The van der Waals surface area contributed by atoms with E-state index in [1.807, 2.05) is 0 Å². The second-order valence-electron chi connectivity index (χ2n) is 1.96. The fraction of sp³-hybridized carbons (Fsp3) is 0.500. The van der Waals surface area contributed by atoms with Gasteiger partial charge in [0, 0.05) is 12.5 Å². The molecule has 0 aliphatic carbocycles. The SMILES string of the molecule is COc1cc(CCON)on1. The molecule has 0 amide bonds. The van der Waals surface area contributed by atoms with E-state index in [1.54, 1.807) is 6.07 Å². The van der Waals surface area contributed by atoms with E-state index >= 15 is 0 Å². The maximum atomic E-state index is 4.85. The number of ether oxygens (including phenoxy) is 1. The van der Waals surface area contributed by atoms with Gasteiger partial charge in [0.15, 0.2) is 0 Å². The van der Waals surface area contributed by atoms with Gasteiger partial charge in [-0.1, -0.05) is 0 Å². The van der Waals surface area contributed by atoms with Crippen LogP contribution in [0.4, 0.5) is 0 Å². The van der Waals surface area contributed by atoms with Crippen LogP contribution >= 0.6 is 0 Å². The van der Waals surface area contributed by atoms with Gasteiger partial charge in [-0.05, 0) is 5.16 Å². The normalized spacial score (nSPS) is 10.0. The number of nitrogens with two attached hydrogens (primary N) is 1. The Labute approximate surface area is 64.0 Å². The number of aromatic nitrogens is 1. The summed E-state index contributed by atoms with van der Waals surface area (Å²) in [6, 6.07) is 1.69. The molecule has 0 aliphatic rings. The van der Waals surface area contributed by atoms with Crippen LogP contribution in [-0.4, -0.2) is 18.9 Å². The van der Waals surface area contributed by atoms with Gasteiger partial charge >= 0.3 is 0 Å². The topological polar surface area (TPSA) is 70.5 Å². The van der Waals surface area contributed by atoms with Crippen molar-refractivity contribution in [3.8, 4) is 5.88 Å². The summed E-state index contributed by atoms with van der Waals surface area (Å²) in [5, 5.41) is 3.59. The van der Waals surface area contributed by atoms with Gasteiger partial charge in [-0.2, -0.15) is 0 Å². The van der Waals surface area contributed by atoms with Gasteiger partial charge in [-0.15, -0.1) is 0 Å². The van der Waals surface area contributed by atoms with Crippen molar-refractivity contribution in [1.29, 1.82) is 0 Å². The molecular weight excluding hydrogens is 148 g/mol. The summed E-state index contributed by atoms with van der Waals surface area (Å²) >= 11 is 0. The highest BCUT2D eigenvalue weighted by Crippen LogP contribution is 2.10. The minimum absolute atomic E-state index is 0.415. The zero-order chi connectivity index (χ0) is 8.10. The van der Waals surface area contributed by atoms with Crippen LogP contribution in [-0.2, 0) is 11.3 Å². The Kier molecular flexibility index (Phi) is 2.88. The van der Waals surface area contributed by atoms with Gasteiger partial charge in [-0.3, -0.25) is 0 Å². The zero-order valence-electron chi connectivity index (χ0n) is 6.24. The van der Waals surface area contributed by atoms with Crippen LogP contribution in [0, 0.1) is 0 Å². The van der Waals surface area contributed by atoms with Crippen molar-refractivity contribution in [1.82, 2.24) is 5.16 Å². The van der Waals surface area contributed by atoms with Gasteiger partial charge in [0.25, 0.3) is 5.88 Å². The predicted octanol–water partition coefficient (Wildman–Crippen LogP) is 0.116. The molecule has 2 N–H and O–H groups in total. The highest BCUT2D eigenvalue weighted by atomic mass is 16.6. The van der Waals surface area contributed by atoms with E-state index in [0.717, 1.165) is 0 Å². The molecule has 1 rings (SSSR count). The summed E-state index contributed by atoms with van der Waals surface area (Å²) < 4.78 is 9.64. The fourth-order valence-corrected chi connectivity index (χ4v) is 0.668. The zero-order valence-corrected chi connectivity index (χ0v) is 6.24. The number of nitrogens with zero attached hydrogens (tertiary/aromatic N) is 1. The molecular formula is C6H10N2O3. The van der Waals surface area contributed by atoms with Gasteiger partial charge < -0.3 is 14.1 Å². The fourth-order valence-electron chi connectivity index (χ4n) is 0.668. The molecule has 1 aromatic heterocycles. The third kappa shape index (κ3) is 2.21. The first-order valence-corrected chi connectivity index (χ1v) is 3.18. The molecule has 0 unspecified atom stereocenters. The van der Waals surface area contributed by atoms with Crippen molar-refractivity contribution in [2.75, 3.05) is 13.7 Å². The first-order valence-electron chi connectivity index (χ1n) is 3.18. The smallest absolute Gasteiger partial charge is 0.254 e. The lowest BCUT2D eigenvalue weighted by molar-refractivity contribution is 0.135. The third-order valence-corrected chi connectivity index (χ3v) is 1.21. The second-order valence-corrected chi connectivity index (χ2v) is 1.96. The Morgan fingerprint density at radius 1 is 1.73 bits per heavy atom. The number of hydrogen-bond donors (Lipinski definition) is 1. The molecule has 0 saturated heterocycles. The van der Waals surface area contributed by atoms with Gasteiger partial charge in [0.2, 0.25) is 0 Å². The van der Waals surface area contributed by atoms with Crippen molar-refractivity contribution >= 4 is 0 Å². The van der Waals surface area contributed by atoms with E-state index in [0.29, 0.717) is 24.7 Å². The molecule has 0 fully saturated rings. The quantitative estimate of drug-likeness (QED) is 0.630. The summed E-state index contributed by atoms with van der Waals surface area (Å²) in [7, 11) is 1.53. The van der Waals surface area contributed by atoms with Crippen molar-refractivity contribution in [2.24, 2.45) is 5.90 Å². The van der Waals surface area contributed by atoms with Crippen molar-refractivity contribution in [3.63, 3.8) is 0 Å². The molecule has 0 atom stereocenters. The largest absolute Gasteiger partial charge is 0.479 e. The molecule has 0 radical (unpaired) electrons. The lowest BCUT2D eigenvalue weighted by Crippen LogP contribution is -2.02. The Balaban J connectivity index is 2.44. The Morgan fingerprint density at radius 3 is 3.09 bits per heavy atom. The summed E-state index contributed by atoms with van der Waals surface area (Å²) in [5.41, 5.74) is 0. The lowest BCUT2D eigenvalue weighted by atomic mass is 10.3. The Bertz CT molecular complexity index is 211. The Morgan fingerprint density at radius 2 is 2.55 bits per heavy atom. The molecule has 0 aromatic carbocycles. The average molecular weight is 158 g/mol. The number of methoxy groups -OCH3 is 1. The van der Waals surface area contributed by atoms with E-state index in [1.165, 1.54) is 7.11 Å². The standard InChI is InChI=1S/C6H10N2O3/c1-9-6-4-5(11-8-6)2-3-10-7/h4H,2-3,7H2,1H3. The summed E-state index contributed by atoms with van der Waals surface area (Å²) in [5.74, 6) is 5.99. The van der Waals surface area contributed by atoms with Crippen LogP contribution < -0.4 is 10.6 Å². The molecule has 0 spiro atoms. The molecule has 1 heterocycles. The van der Waals surface area contributed by atoms with E-state index in [-0.39, 0.29) is 0 Å². The van der Waals surface area contributed by atoms with E-state index in [4.69, 9.17) is 15.2 Å². The van der Waals surface area contributed by atoms with Crippen LogP contribution in [0.2, 0.25) is 0 Å². The maximum absolute atomic E-state index is 4.85. The van der Waals surface area contributed by atoms with Crippen molar-refractivity contribution in [3.05, 3.63) is 11.8 Å². The molecule has 0 bridgehead atoms. The minimum atomic E-state index is 0.415. The summed E-state index contributed by atoms with van der Waals surface area (Å²) in [4.78, 5) is 4.36. The van der Waals surface area contributed by atoms with E-state index in [2.05, 4.69) is 9.99 Å². The maximum Gasteiger partial charge on any atom is 0.254 e. The molecule has 0 aliphatic heterocycles. The highest BCUT2D eigenvalue weighted by Gasteiger charge is 2.02. The van der Waals surface area contributed by atoms with Crippen molar-refractivity contribution < 1.29 is 14.1 Å². The summed E-state index contributed by atoms with van der Waals surface area (Å²) in [6.07, 6.45) is 0.604. The van der Waals surface area contributed by atoms with Crippen LogP contribution in [0.3, 0.4) is 0 Å². The first-order chi connectivity index (χ1) is 5.36. The molecule has 0 saturated carbocycles. The van der Waals surface area contributed by atoms with Crippen LogP contribution in [0.1, 0.15) is 5.76 Å². The second kappa shape index (κ2) is 3.95. The van der Waals surface area contributed by atoms with Crippen molar-refractivity contribution in [2.45, 2.75) is 6.42 Å². The molecule has 1 aromatic rings. The molecule has 5 nitrogen and oxygen atoms in total. The predicted molar refractivity (Wildman–Crippen MR) is 36.9 cm³/mol. The Hall–Kier alpha value is -1.07. The highest BCUT2D eigenvalue weighted by molar-refractivity contribution is 5.10. The lowest BCUT2D eigenvalue weighted by Gasteiger charge is -1.90. The average Bonchev–Trinajstić information content (AvgIpc) is 2.48. The monoisotopic (exact) mass is 158 g/mol. The number of hydrogen-bond acceptors (Lipinski definition) is 5. The van der Waals surface area contributed by atoms with E-state index < -0.39 is 0 Å². The van der Waals surface area contributed by atoms with Crippen LogP contribution in [0.5, 0.6) is 5.88 Å². The molecule has 11 heavy (non-hydrogen) atoms. The first kappa shape index (κ1) is 8.03. The minimum Gasteiger partial charge on any atom is -0.479 e. The van der Waals surface area contributed by atoms with Gasteiger partial charge in [0.1, 0.15) is 5.76 Å². The van der Waals surface area contributed by atoms with Gasteiger partial charge in [0.05, 0.1) is 13.7 Å². The van der Waals surface area contributed by atoms with E-state index in [9.17, 15) is 0 Å².